The molecule has 1 N–H and O–H groups in total. The largest absolute Gasteiger partial charge is 0.497 e. The van der Waals surface area contributed by atoms with Crippen molar-refractivity contribution in [3.05, 3.63) is 59.4 Å². The number of carbonyl (C=O) groups excluding carboxylic acids is 1. The van der Waals surface area contributed by atoms with Crippen molar-refractivity contribution < 1.29 is 18.7 Å². The van der Waals surface area contributed by atoms with Crippen molar-refractivity contribution >= 4 is 5.91 Å². The number of amides is 1. The van der Waals surface area contributed by atoms with Gasteiger partial charge in [-0.05, 0) is 49.7 Å². The van der Waals surface area contributed by atoms with Crippen LogP contribution in [0.5, 0.6) is 11.5 Å². The molecule has 0 saturated carbocycles. The lowest BCUT2D eigenvalue weighted by molar-refractivity contribution is -0.132. The quantitative estimate of drug-likeness (QED) is 0.768. The number of halogens is 1. The third kappa shape index (κ3) is 5.44. The number of carbonyl (C=O) groups is 1. The minimum absolute atomic E-state index is 0.0759. The molecule has 6 heteroatoms. The molecule has 0 aromatic heterocycles. The Hall–Kier alpha value is -2.60. The molecular formula is C21H27FN2O3. The van der Waals surface area contributed by atoms with E-state index in [-0.39, 0.29) is 17.8 Å². The zero-order valence-corrected chi connectivity index (χ0v) is 16.5. The van der Waals surface area contributed by atoms with Gasteiger partial charge in [-0.3, -0.25) is 10.1 Å². The molecule has 2 unspecified atom stereocenters. The van der Waals surface area contributed by atoms with E-state index in [1.807, 2.05) is 32.0 Å². The molecule has 27 heavy (non-hydrogen) atoms. The number of nitrogens with zero attached hydrogens (tertiary/aromatic N) is 1. The molecule has 0 saturated heterocycles. The highest BCUT2D eigenvalue weighted by molar-refractivity contribution is 5.81. The van der Waals surface area contributed by atoms with Gasteiger partial charge in [0.25, 0.3) is 0 Å². The molecule has 2 aromatic rings. The van der Waals surface area contributed by atoms with Crippen molar-refractivity contribution in [1.82, 2.24) is 10.2 Å². The Morgan fingerprint density at radius 3 is 2.52 bits per heavy atom. The maximum absolute atomic E-state index is 13.3. The first kappa shape index (κ1) is 20.7. The molecule has 0 heterocycles. The molecule has 2 rings (SSSR count). The molecule has 0 fully saturated rings. The van der Waals surface area contributed by atoms with E-state index in [1.54, 1.807) is 38.3 Å². The minimum Gasteiger partial charge on any atom is -0.497 e. The predicted octanol–water partition coefficient (Wildman–Crippen LogP) is 3.54. The Labute approximate surface area is 160 Å². The summed E-state index contributed by atoms with van der Waals surface area (Å²) in [5.41, 5.74) is 1.66. The van der Waals surface area contributed by atoms with Crippen LogP contribution in [-0.4, -0.2) is 38.1 Å². The molecule has 2 aromatic carbocycles. The normalized spacial score (nSPS) is 13.0. The van der Waals surface area contributed by atoms with Gasteiger partial charge < -0.3 is 14.4 Å². The van der Waals surface area contributed by atoms with Crippen molar-refractivity contribution in [2.24, 2.45) is 0 Å². The second-order valence-electron chi connectivity index (χ2n) is 6.54. The number of benzene rings is 2. The second kappa shape index (κ2) is 9.37. The molecule has 0 aliphatic heterocycles. The number of nitrogens with one attached hydrogen (secondary N) is 1. The fraction of sp³-hybridized carbons (Fsp3) is 0.381. The van der Waals surface area contributed by atoms with Crippen LogP contribution in [0.2, 0.25) is 0 Å². The monoisotopic (exact) mass is 374 g/mol. The summed E-state index contributed by atoms with van der Waals surface area (Å²) >= 11 is 0. The zero-order valence-electron chi connectivity index (χ0n) is 16.5. The third-order valence-electron chi connectivity index (χ3n) is 4.46. The third-order valence-corrected chi connectivity index (χ3v) is 4.46. The van der Waals surface area contributed by atoms with Crippen molar-refractivity contribution in [2.75, 3.05) is 21.3 Å². The van der Waals surface area contributed by atoms with E-state index in [4.69, 9.17) is 9.47 Å². The van der Waals surface area contributed by atoms with Crippen molar-refractivity contribution in [1.29, 1.82) is 0 Å². The van der Waals surface area contributed by atoms with Gasteiger partial charge in [0.1, 0.15) is 17.3 Å². The maximum atomic E-state index is 13.3. The molecule has 0 spiro atoms. The molecule has 5 nitrogen and oxygen atoms in total. The van der Waals surface area contributed by atoms with Gasteiger partial charge in [0.05, 0.1) is 20.3 Å². The fourth-order valence-electron chi connectivity index (χ4n) is 3.03. The first-order chi connectivity index (χ1) is 12.8. The number of ether oxygens (including phenoxy) is 2. The lowest BCUT2D eigenvalue weighted by Crippen LogP contribution is -2.43. The Morgan fingerprint density at radius 1 is 1.15 bits per heavy atom. The summed E-state index contributed by atoms with van der Waals surface area (Å²) < 4.78 is 24.0. The average molecular weight is 374 g/mol. The zero-order chi connectivity index (χ0) is 20.0. The molecule has 1 amide bonds. The van der Waals surface area contributed by atoms with Gasteiger partial charge in [0.2, 0.25) is 5.91 Å². The van der Waals surface area contributed by atoms with E-state index in [0.717, 1.165) is 22.6 Å². The minimum atomic E-state index is -0.422. The Kier molecular flexibility index (Phi) is 7.19. The van der Waals surface area contributed by atoms with Gasteiger partial charge in [-0.15, -0.1) is 0 Å². The van der Waals surface area contributed by atoms with Crippen LogP contribution in [0, 0.1) is 5.82 Å². The van der Waals surface area contributed by atoms with Crippen LogP contribution in [-0.2, 0) is 11.3 Å². The van der Waals surface area contributed by atoms with Crippen LogP contribution in [0.1, 0.15) is 31.0 Å². The first-order valence-corrected chi connectivity index (χ1v) is 8.83. The number of likely N-dealkylation sites (N-methyl/N-ethyl adjacent to an activating group) is 1. The van der Waals surface area contributed by atoms with Crippen molar-refractivity contribution in [3.8, 4) is 11.5 Å². The summed E-state index contributed by atoms with van der Waals surface area (Å²) in [7, 11) is 4.93. The van der Waals surface area contributed by atoms with Crippen LogP contribution in [0.4, 0.5) is 4.39 Å². The Morgan fingerprint density at radius 2 is 1.89 bits per heavy atom. The lowest BCUT2D eigenvalue weighted by Gasteiger charge is -2.26. The van der Waals surface area contributed by atoms with Crippen LogP contribution >= 0.6 is 0 Å². The number of methoxy groups -OCH3 is 2. The van der Waals surface area contributed by atoms with Crippen molar-refractivity contribution in [3.63, 3.8) is 0 Å². The van der Waals surface area contributed by atoms with Crippen LogP contribution in [0.15, 0.2) is 42.5 Å². The van der Waals surface area contributed by atoms with E-state index < -0.39 is 6.04 Å². The second-order valence-corrected chi connectivity index (χ2v) is 6.54. The molecule has 2 atom stereocenters. The van der Waals surface area contributed by atoms with E-state index >= 15 is 0 Å². The average Bonchev–Trinajstić information content (AvgIpc) is 2.66. The number of hydrogen-bond donors (Lipinski definition) is 1. The highest BCUT2D eigenvalue weighted by atomic mass is 19.1. The lowest BCUT2D eigenvalue weighted by atomic mass is 10.1. The van der Waals surface area contributed by atoms with Crippen LogP contribution in [0.3, 0.4) is 0 Å². The van der Waals surface area contributed by atoms with Crippen LogP contribution in [0.25, 0.3) is 0 Å². The fourth-order valence-corrected chi connectivity index (χ4v) is 3.03. The van der Waals surface area contributed by atoms with E-state index in [1.165, 1.54) is 12.1 Å². The van der Waals surface area contributed by atoms with Gasteiger partial charge >= 0.3 is 0 Å². The van der Waals surface area contributed by atoms with Gasteiger partial charge in [-0.2, -0.15) is 0 Å². The summed E-state index contributed by atoms with van der Waals surface area (Å²) in [5, 5.41) is 3.30. The number of rotatable bonds is 8. The summed E-state index contributed by atoms with van der Waals surface area (Å²) in [6.07, 6.45) is 0. The predicted molar refractivity (Wildman–Crippen MR) is 103 cm³/mol. The molecule has 0 bridgehead atoms. The number of hydrogen-bond acceptors (Lipinski definition) is 4. The first-order valence-electron chi connectivity index (χ1n) is 8.83. The topological polar surface area (TPSA) is 50.8 Å². The molecule has 0 aliphatic rings. The smallest absolute Gasteiger partial charge is 0.239 e. The van der Waals surface area contributed by atoms with Crippen LogP contribution < -0.4 is 14.8 Å². The summed E-state index contributed by atoms with van der Waals surface area (Å²) in [6.45, 7) is 4.13. The SMILES string of the molecule is COc1ccc(OC)c(C(C)NC(C)C(=O)N(C)Cc2cccc(F)c2)c1. The summed E-state index contributed by atoms with van der Waals surface area (Å²) in [6, 6.07) is 11.3. The van der Waals surface area contributed by atoms with E-state index in [9.17, 15) is 9.18 Å². The van der Waals surface area contributed by atoms with Gasteiger partial charge in [0, 0.05) is 25.2 Å². The Balaban J connectivity index is 2.04. The molecule has 0 radical (unpaired) electrons. The summed E-state index contributed by atoms with van der Waals surface area (Å²) in [5.74, 6) is 1.07. The highest BCUT2D eigenvalue weighted by Crippen LogP contribution is 2.29. The van der Waals surface area contributed by atoms with Gasteiger partial charge in [-0.1, -0.05) is 12.1 Å². The molecular weight excluding hydrogens is 347 g/mol. The highest BCUT2D eigenvalue weighted by Gasteiger charge is 2.22. The molecule has 146 valence electrons. The van der Waals surface area contributed by atoms with Crippen molar-refractivity contribution in [2.45, 2.75) is 32.5 Å². The summed E-state index contributed by atoms with van der Waals surface area (Å²) in [4.78, 5) is 14.3. The standard InChI is InChI=1S/C21H27FN2O3/c1-14(19-12-18(26-4)9-10-20(19)27-5)23-15(2)21(25)24(3)13-16-7-6-8-17(22)11-16/h6-12,14-15,23H,13H2,1-5H3. The Bertz CT molecular complexity index is 782. The van der Waals surface area contributed by atoms with Gasteiger partial charge in [-0.25, -0.2) is 4.39 Å². The van der Waals surface area contributed by atoms with E-state index in [2.05, 4.69) is 5.32 Å². The van der Waals surface area contributed by atoms with Gasteiger partial charge in [0.15, 0.2) is 0 Å². The molecule has 0 aliphatic carbocycles. The van der Waals surface area contributed by atoms with E-state index in [0.29, 0.717) is 6.54 Å². The maximum Gasteiger partial charge on any atom is 0.239 e.